The fourth-order valence-electron chi connectivity index (χ4n) is 1.47. The summed E-state index contributed by atoms with van der Waals surface area (Å²) in [7, 11) is 0. The van der Waals surface area contributed by atoms with E-state index in [2.05, 4.69) is 6.07 Å². The molecule has 2 aromatic rings. The van der Waals surface area contributed by atoms with Gasteiger partial charge in [0.1, 0.15) is 6.07 Å². The van der Waals surface area contributed by atoms with Crippen LogP contribution in [0.25, 0.3) is 10.1 Å². The Bertz CT molecular complexity index is 522. The number of nitriles is 1. The third-order valence-corrected chi connectivity index (χ3v) is 3.15. The SMILES string of the molecule is CCc1cc(C#N)c2sc(F)cc2c1. The molecule has 1 nitrogen and oxygen atoms in total. The van der Waals surface area contributed by atoms with Gasteiger partial charge in [-0.3, -0.25) is 0 Å². The fraction of sp³-hybridized carbons (Fsp3) is 0.182. The van der Waals surface area contributed by atoms with Crippen LogP contribution in [0.2, 0.25) is 0 Å². The normalized spacial score (nSPS) is 10.4. The Morgan fingerprint density at radius 3 is 2.86 bits per heavy atom. The second-order valence-electron chi connectivity index (χ2n) is 3.08. The zero-order chi connectivity index (χ0) is 10.1. The Balaban J connectivity index is 2.80. The quantitative estimate of drug-likeness (QED) is 0.699. The highest BCUT2D eigenvalue weighted by atomic mass is 32.1. The summed E-state index contributed by atoms with van der Waals surface area (Å²) >= 11 is 1.03. The molecular formula is C11H8FNS. The lowest BCUT2D eigenvalue weighted by Crippen LogP contribution is -1.82. The molecule has 0 aliphatic heterocycles. The zero-order valence-corrected chi connectivity index (χ0v) is 8.49. The van der Waals surface area contributed by atoms with E-state index in [1.165, 1.54) is 6.07 Å². The molecule has 0 unspecified atom stereocenters. The minimum Gasteiger partial charge on any atom is -0.195 e. The van der Waals surface area contributed by atoms with Gasteiger partial charge in [-0.1, -0.05) is 13.0 Å². The van der Waals surface area contributed by atoms with Gasteiger partial charge in [-0.15, -0.1) is 11.3 Å². The third kappa shape index (κ3) is 1.38. The molecular weight excluding hydrogens is 197 g/mol. The van der Waals surface area contributed by atoms with Crippen molar-refractivity contribution in [2.75, 3.05) is 0 Å². The topological polar surface area (TPSA) is 23.8 Å². The lowest BCUT2D eigenvalue weighted by Gasteiger charge is -1.98. The Kier molecular flexibility index (Phi) is 2.22. The van der Waals surface area contributed by atoms with Gasteiger partial charge in [0.15, 0.2) is 5.13 Å². The van der Waals surface area contributed by atoms with E-state index < -0.39 is 0 Å². The van der Waals surface area contributed by atoms with Crippen LogP contribution < -0.4 is 0 Å². The predicted molar refractivity (Wildman–Crippen MR) is 55.9 cm³/mol. The average molecular weight is 205 g/mol. The molecule has 0 amide bonds. The van der Waals surface area contributed by atoms with Crippen LogP contribution in [0.4, 0.5) is 4.39 Å². The molecule has 0 saturated carbocycles. The molecule has 3 heteroatoms. The van der Waals surface area contributed by atoms with Crippen molar-refractivity contribution < 1.29 is 4.39 Å². The summed E-state index contributed by atoms with van der Waals surface area (Å²) in [5.41, 5.74) is 1.65. The predicted octanol–water partition coefficient (Wildman–Crippen LogP) is 3.47. The summed E-state index contributed by atoms with van der Waals surface area (Å²) in [6.07, 6.45) is 0.863. The highest BCUT2D eigenvalue weighted by molar-refractivity contribution is 7.17. The van der Waals surface area contributed by atoms with Crippen molar-refractivity contribution in [3.63, 3.8) is 0 Å². The molecule has 0 radical (unpaired) electrons. The van der Waals surface area contributed by atoms with Crippen molar-refractivity contribution in [2.24, 2.45) is 0 Å². The van der Waals surface area contributed by atoms with Crippen LogP contribution in [0, 0.1) is 16.5 Å². The number of hydrogen-bond donors (Lipinski definition) is 0. The van der Waals surface area contributed by atoms with E-state index in [1.807, 2.05) is 19.1 Å². The van der Waals surface area contributed by atoms with Gasteiger partial charge in [0.25, 0.3) is 0 Å². The van der Waals surface area contributed by atoms with Gasteiger partial charge >= 0.3 is 0 Å². The highest BCUT2D eigenvalue weighted by Gasteiger charge is 2.07. The minimum atomic E-state index is -0.232. The number of rotatable bonds is 1. The molecule has 0 aliphatic rings. The monoisotopic (exact) mass is 205 g/mol. The van der Waals surface area contributed by atoms with Crippen molar-refractivity contribution in [3.8, 4) is 6.07 Å². The smallest absolute Gasteiger partial charge is 0.177 e. The maximum absolute atomic E-state index is 13.0. The summed E-state index contributed by atoms with van der Waals surface area (Å²) in [6.45, 7) is 2.02. The van der Waals surface area contributed by atoms with Crippen LogP contribution in [0.15, 0.2) is 18.2 Å². The lowest BCUT2D eigenvalue weighted by molar-refractivity contribution is 0.658. The number of nitrogens with zero attached hydrogens (tertiary/aromatic N) is 1. The number of benzene rings is 1. The maximum atomic E-state index is 13.0. The standard InChI is InChI=1S/C11H8FNS/c1-2-7-3-8-5-10(12)14-11(8)9(4-7)6-13/h3-5H,2H2,1H3. The third-order valence-electron chi connectivity index (χ3n) is 2.17. The van der Waals surface area contributed by atoms with Gasteiger partial charge in [0.05, 0.1) is 10.3 Å². The van der Waals surface area contributed by atoms with E-state index in [9.17, 15) is 4.39 Å². The molecule has 1 aromatic heterocycles. The first-order valence-electron chi connectivity index (χ1n) is 4.36. The van der Waals surface area contributed by atoms with Gasteiger partial charge in [-0.05, 0) is 29.5 Å². The van der Waals surface area contributed by atoms with E-state index >= 15 is 0 Å². The van der Waals surface area contributed by atoms with Crippen molar-refractivity contribution >= 4 is 21.4 Å². The van der Waals surface area contributed by atoms with Gasteiger partial charge in [0, 0.05) is 0 Å². The van der Waals surface area contributed by atoms with Gasteiger partial charge in [-0.25, -0.2) is 0 Å². The van der Waals surface area contributed by atoms with Crippen LogP contribution >= 0.6 is 11.3 Å². The van der Waals surface area contributed by atoms with Crippen LogP contribution in [0.3, 0.4) is 0 Å². The number of thiophene rings is 1. The van der Waals surface area contributed by atoms with E-state index in [0.29, 0.717) is 5.56 Å². The van der Waals surface area contributed by atoms with Crippen LogP contribution in [0.1, 0.15) is 18.1 Å². The van der Waals surface area contributed by atoms with Crippen LogP contribution in [-0.2, 0) is 6.42 Å². The average Bonchev–Trinajstić information content (AvgIpc) is 2.56. The van der Waals surface area contributed by atoms with Gasteiger partial charge in [-0.2, -0.15) is 9.65 Å². The molecule has 0 fully saturated rings. The van der Waals surface area contributed by atoms with Crippen molar-refractivity contribution in [2.45, 2.75) is 13.3 Å². The van der Waals surface area contributed by atoms with E-state index in [0.717, 1.165) is 33.4 Å². The minimum absolute atomic E-state index is 0.232. The Morgan fingerprint density at radius 2 is 2.21 bits per heavy atom. The number of hydrogen-bond acceptors (Lipinski definition) is 2. The first kappa shape index (κ1) is 9.17. The molecule has 2 rings (SSSR count). The second kappa shape index (κ2) is 3.39. The van der Waals surface area contributed by atoms with Crippen molar-refractivity contribution in [3.05, 3.63) is 34.5 Å². The largest absolute Gasteiger partial charge is 0.195 e. The molecule has 1 heterocycles. The number of fused-ring (bicyclic) bond motifs is 1. The first-order valence-corrected chi connectivity index (χ1v) is 5.18. The Morgan fingerprint density at radius 1 is 1.43 bits per heavy atom. The Labute approximate surface area is 85.4 Å². The van der Waals surface area contributed by atoms with E-state index in [4.69, 9.17) is 5.26 Å². The molecule has 0 spiro atoms. The van der Waals surface area contributed by atoms with E-state index in [-0.39, 0.29) is 5.13 Å². The molecule has 0 atom stereocenters. The Hall–Kier alpha value is -1.40. The fourth-order valence-corrected chi connectivity index (χ4v) is 2.30. The molecule has 14 heavy (non-hydrogen) atoms. The maximum Gasteiger partial charge on any atom is 0.177 e. The molecule has 0 aliphatic carbocycles. The first-order chi connectivity index (χ1) is 6.74. The molecule has 1 aromatic carbocycles. The molecule has 70 valence electrons. The summed E-state index contributed by atoms with van der Waals surface area (Å²) in [5, 5.41) is 9.50. The highest BCUT2D eigenvalue weighted by Crippen LogP contribution is 2.28. The molecule has 0 bridgehead atoms. The lowest BCUT2D eigenvalue weighted by atomic mass is 10.1. The van der Waals surface area contributed by atoms with Gasteiger partial charge in [0.2, 0.25) is 0 Å². The number of aryl methyl sites for hydroxylation is 1. The van der Waals surface area contributed by atoms with E-state index in [1.54, 1.807) is 0 Å². The molecule has 0 saturated heterocycles. The van der Waals surface area contributed by atoms with Crippen molar-refractivity contribution in [1.82, 2.24) is 0 Å². The summed E-state index contributed by atoms with van der Waals surface area (Å²) in [5.74, 6) is 0. The summed E-state index contributed by atoms with van der Waals surface area (Å²) < 4.78 is 13.7. The van der Waals surface area contributed by atoms with Gasteiger partial charge < -0.3 is 0 Å². The van der Waals surface area contributed by atoms with Crippen molar-refractivity contribution in [1.29, 1.82) is 5.26 Å². The molecule has 0 N–H and O–H groups in total. The number of halogens is 1. The summed E-state index contributed by atoms with van der Waals surface area (Å²) in [4.78, 5) is 0. The van der Waals surface area contributed by atoms with Crippen LogP contribution in [-0.4, -0.2) is 0 Å². The second-order valence-corrected chi connectivity index (χ2v) is 4.08. The summed E-state index contributed by atoms with van der Waals surface area (Å²) in [6, 6.07) is 7.36. The zero-order valence-electron chi connectivity index (χ0n) is 7.67. The van der Waals surface area contributed by atoms with Crippen LogP contribution in [0.5, 0.6) is 0 Å².